The predicted octanol–water partition coefficient (Wildman–Crippen LogP) is 6.12. The Labute approximate surface area is 148 Å². The molecule has 0 saturated carbocycles. The molecule has 3 heteroatoms. The molecule has 0 spiro atoms. The first-order valence-corrected chi connectivity index (χ1v) is 9.96. The lowest BCUT2D eigenvalue weighted by Gasteiger charge is -2.29. The molecule has 1 heterocycles. The minimum absolute atomic E-state index is 0.423. The summed E-state index contributed by atoms with van der Waals surface area (Å²) >= 11 is 9.15. The Kier molecular flexibility index (Phi) is 5.13. The van der Waals surface area contributed by atoms with Gasteiger partial charge in [0.1, 0.15) is 0 Å². The average molecular weight is 426 g/mol. The minimum Gasteiger partial charge on any atom is -0.161 e. The van der Waals surface area contributed by atoms with Gasteiger partial charge in [-0.15, -0.1) is 0 Å². The van der Waals surface area contributed by atoms with Crippen molar-refractivity contribution >= 4 is 43.6 Å². The van der Waals surface area contributed by atoms with E-state index in [4.69, 9.17) is 0 Å². The molecule has 0 aliphatic carbocycles. The van der Waals surface area contributed by atoms with Crippen LogP contribution in [0, 0.1) is 5.41 Å². The van der Waals surface area contributed by atoms with Crippen molar-refractivity contribution in [3.8, 4) is 0 Å². The van der Waals surface area contributed by atoms with Crippen molar-refractivity contribution in [3.63, 3.8) is 0 Å². The molecule has 0 bridgehead atoms. The third kappa shape index (κ3) is 4.14. The van der Waals surface area contributed by atoms with Crippen LogP contribution in [-0.2, 0) is 12.8 Å². The van der Waals surface area contributed by atoms with E-state index in [2.05, 4.69) is 92.2 Å². The maximum atomic E-state index is 3.52. The van der Waals surface area contributed by atoms with Crippen molar-refractivity contribution in [2.24, 2.45) is 5.41 Å². The summed E-state index contributed by atoms with van der Waals surface area (Å²) < 4.78 is 2.32. The van der Waals surface area contributed by atoms with E-state index in [1.54, 1.807) is 0 Å². The fourth-order valence-electron chi connectivity index (χ4n) is 3.06. The second kappa shape index (κ2) is 6.89. The van der Waals surface area contributed by atoms with Crippen LogP contribution in [0.1, 0.15) is 17.5 Å². The van der Waals surface area contributed by atoms with Gasteiger partial charge in [0.15, 0.2) is 0 Å². The molecule has 1 fully saturated rings. The van der Waals surface area contributed by atoms with Gasteiger partial charge in [-0.25, -0.2) is 0 Å². The summed E-state index contributed by atoms with van der Waals surface area (Å²) in [6.45, 7) is 0. The molecule has 0 unspecified atom stereocenters. The predicted molar refractivity (Wildman–Crippen MR) is 100 cm³/mol. The van der Waals surface area contributed by atoms with Gasteiger partial charge in [-0.05, 0) is 71.6 Å². The summed E-state index contributed by atoms with van der Waals surface area (Å²) in [5.41, 5.74) is 3.34. The number of thioether (sulfide) groups is 1. The highest BCUT2D eigenvalue weighted by Gasteiger charge is 2.34. The minimum atomic E-state index is 0.423. The van der Waals surface area contributed by atoms with Crippen LogP contribution in [0.25, 0.3) is 0 Å². The quantitative estimate of drug-likeness (QED) is 0.568. The first-order valence-electron chi connectivity index (χ1n) is 7.22. The summed E-state index contributed by atoms with van der Waals surface area (Å²) in [5.74, 6) is 2.58. The molecule has 110 valence electrons. The highest BCUT2D eigenvalue weighted by molar-refractivity contribution is 9.10. The van der Waals surface area contributed by atoms with E-state index >= 15 is 0 Å². The van der Waals surface area contributed by atoms with E-state index in [0.717, 1.165) is 8.95 Å². The van der Waals surface area contributed by atoms with Crippen LogP contribution >= 0.6 is 43.6 Å². The first-order chi connectivity index (χ1) is 10.2. The summed E-state index contributed by atoms with van der Waals surface area (Å²) in [7, 11) is 0. The maximum Gasteiger partial charge on any atom is 0.0175 e. The monoisotopic (exact) mass is 424 g/mol. The van der Waals surface area contributed by atoms with Gasteiger partial charge < -0.3 is 0 Å². The van der Waals surface area contributed by atoms with Crippen LogP contribution in [0.2, 0.25) is 0 Å². The standard InChI is InChI=1S/C18H18Br2S/c19-16-5-1-14(2-6-16)11-18(9-10-21-13-18)12-15-3-7-17(20)8-4-15/h1-8H,9-13H2. The van der Waals surface area contributed by atoms with E-state index in [1.165, 1.54) is 41.9 Å². The Morgan fingerprint density at radius 1 is 0.810 bits per heavy atom. The fourth-order valence-corrected chi connectivity index (χ4v) is 5.09. The largest absolute Gasteiger partial charge is 0.161 e. The summed E-state index contributed by atoms with van der Waals surface area (Å²) in [6.07, 6.45) is 3.69. The highest BCUT2D eigenvalue weighted by atomic mass is 79.9. The number of hydrogen-bond acceptors (Lipinski definition) is 1. The van der Waals surface area contributed by atoms with E-state index in [9.17, 15) is 0 Å². The van der Waals surface area contributed by atoms with Crippen molar-refractivity contribution in [2.45, 2.75) is 19.3 Å². The molecular weight excluding hydrogens is 408 g/mol. The van der Waals surface area contributed by atoms with Crippen molar-refractivity contribution in [1.29, 1.82) is 0 Å². The van der Waals surface area contributed by atoms with Gasteiger partial charge in [-0.2, -0.15) is 11.8 Å². The highest BCUT2D eigenvalue weighted by Crippen LogP contribution is 2.42. The van der Waals surface area contributed by atoms with E-state index < -0.39 is 0 Å². The van der Waals surface area contributed by atoms with Crippen LogP contribution in [0.15, 0.2) is 57.5 Å². The second-order valence-corrected chi connectivity index (χ2v) is 8.85. The number of hydrogen-bond donors (Lipinski definition) is 0. The van der Waals surface area contributed by atoms with E-state index in [1.807, 2.05) is 0 Å². The zero-order chi connectivity index (χ0) is 14.7. The van der Waals surface area contributed by atoms with Crippen molar-refractivity contribution in [1.82, 2.24) is 0 Å². The Balaban J connectivity index is 1.79. The molecule has 1 saturated heterocycles. The molecule has 0 radical (unpaired) electrons. The lowest BCUT2D eigenvalue weighted by Crippen LogP contribution is -2.26. The third-order valence-electron chi connectivity index (χ3n) is 4.17. The normalized spacial score (nSPS) is 17.0. The van der Waals surface area contributed by atoms with E-state index in [0.29, 0.717) is 5.41 Å². The van der Waals surface area contributed by atoms with Crippen LogP contribution in [0.4, 0.5) is 0 Å². The maximum absolute atomic E-state index is 3.52. The number of rotatable bonds is 4. The lowest BCUT2D eigenvalue weighted by atomic mass is 9.76. The summed E-state index contributed by atoms with van der Waals surface area (Å²) in [6, 6.07) is 17.7. The molecule has 0 amide bonds. The Bertz CT molecular complexity index is 534. The molecule has 2 aromatic rings. The second-order valence-electron chi connectivity index (χ2n) is 5.91. The van der Waals surface area contributed by atoms with Gasteiger partial charge in [0.2, 0.25) is 0 Å². The fraction of sp³-hybridized carbons (Fsp3) is 0.333. The number of halogens is 2. The molecule has 1 aliphatic heterocycles. The van der Waals surface area contributed by atoms with Crippen molar-refractivity contribution in [3.05, 3.63) is 68.6 Å². The van der Waals surface area contributed by atoms with Gasteiger partial charge >= 0.3 is 0 Å². The molecular formula is C18H18Br2S. The molecule has 0 nitrogen and oxygen atoms in total. The van der Waals surface area contributed by atoms with Crippen molar-refractivity contribution in [2.75, 3.05) is 11.5 Å². The molecule has 0 N–H and O–H groups in total. The van der Waals surface area contributed by atoms with Gasteiger partial charge in [-0.3, -0.25) is 0 Å². The van der Waals surface area contributed by atoms with Gasteiger partial charge in [-0.1, -0.05) is 56.1 Å². The van der Waals surface area contributed by atoms with Crippen LogP contribution in [0.3, 0.4) is 0 Å². The SMILES string of the molecule is Brc1ccc(CC2(Cc3ccc(Br)cc3)CCSC2)cc1. The Morgan fingerprint density at radius 3 is 1.67 bits per heavy atom. The Hall–Kier alpha value is -0.250. The molecule has 2 aromatic carbocycles. The number of benzene rings is 2. The zero-order valence-electron chi connectivity index (χ0n) is 11.8. The van der Waals surface area contributed by atoms with E-state index in [-0.39, 0.29) is 0 Å². The zero-order valence-corrected chi connectivity index (χ0v) is 15.8. The molecule has 0 aromatic heterocycles. The third-order valence-corrected chi connectivity index (χ3v) is 6.54. The van der Waals surface area contributed by atoms with Crippen LogP contribution in [0.5, 0.6) is 0 Å². The summed E-state index contributed by atoms with van der Waals surface area (Å²) in [4.78, 5) is 0. The lowest BCUT2D eigenvalue weighted by molar-refractivity contribution is 0.331. The smallest absolute Gasteiger partial charge is 0.0175 e. The molecule has 1 aliphatic rings. The van der Waals surface area contributed by atoms with Gasteiger partial charge in [0.05, 0.1) is 0 Å². The Morgan fingerprint density at radius 2 is 1.29 bits per heavy atom. The molecule has 3 rings (SSSR count). The van der Waals surface area contributed by atoms with Crippen molar-refractivity contribution < 1.29 is 0 Å². The van der Waals surface area contributed by atoms with Crippen LogP contribution in [-0.4, -0.2) is 11.5 Å². The topological polar surface area (TPSA) is 0 Å². The van der Waals surface area contributed by atoms with Gasteiger partial charge in [0.25, 0.3) is 0 Å². The summed E-state index contributed by atoms with van der Waals surface area (Å²) in [5, 5.41) is 0. The van der Waals surface area contributed by atoms with Gasteiger partial charge in [0, 0.05) is 8.95 Å². The van der Waals surface area contributed by atoms with Crippen LogP contribution < -0.4 is 0 Å². The molecule has 21 heavy (non-hydrogen) atoms. The average Bonchev–Trinajstić information content (AvgIpc) is 2.92. The molecule has 0 atom stereocenters. The first kappa shape index (κ1) is 15.6.